The summed E-state index contributed by atoms with van der Waals surface area (Å²) in [5, 5.41) is 0. The fraction of sp³-hybridized carbons (Fsp3) is 0.333. The zero-order chi connectivity index (χ0) is 12.5. The topological polar surface area (TPSA) is 0 Å². The van der Waals surface area contributed by atoms with E-state index in [4.69, 9.17) is 0 Å². The molecule has 0 aromatic heterocycles. The molecule has 3 rings (SSSR count). The Morgan fingerprint density at radius 2 is 1.61 bits per heavy atom. The van der Waals surface area contributed by atoms with Crippen molar-refractivity contribution in [1.82, 2.24) is 0 Å². The van der Waals surface area contributed by atoms with Gasteiger partial charge in [-0.3, -0.25) is 0 Å². The zero-order valence-corrected chi connectivity index (χ0v) is 11.2. The van der Waals surface area contributed by atoms with Gasteiger partial charge in [0.05, 0.1) is 0 Å². The van der Waals surface area contributed by atoms with Gasteiger partial charge in [0.1, 0.15) is 0 Å². The molecule has 0 spiro atoms. The van der Waals surface area contributed by atoms with Crippen molar-refractivity contribution in [3.8, 4) is 0 Å². The summed E-state index contributed by atoms with van der Waals surface area (Å²) >= 11 is 0. The Morgan fingerprint density at radius 1 is 0.889 bits per heavy atom. The van der Waals surface area contributed by atoms with Crippen molar-refractivity contribution in [2.24, 2.45) is 0 Å². The molecule has 0 N–H and O–H groups in total. The van der Waals surface area contributed by atoms with Crippen LogP contribution >= 0.6 is 0 Å². The fourth-order valence-electron chi connectivity index (χ4n) is 3.09. The molecule has 1 aliphatic rings. The van der Waals surface area contributed by atoms with Crippen LogP contribution in [0, 0.1) is 13.8 Å². The third-order valence-corrected chi connectivity index (χ3v) is 4.09. The van der Waals surface area contributed by atoms with Crippen LogP contribution in [0.3, 0.4) is 0 Å². The summed E-state index contributed by atoms with van der Waals surface area (Å²) in [5.41, 5.74) is 7.32. The highest BCUT2D eigenvalue weighted by atomic mass is 14.3. The van der Waals surface area contributed by atoms with Gasteiger partial charge in [0.25, 0.3) is 0 Å². The van der Waals surface area contributed by atoms with Crippen LogP contribution < -0.4 is 0 Å². The average Bonchev–Trinajstić information content (AvgIpc) is 2.38. The number of aryl methyl sites for hydroxylation is 3. The second-order valence-electron chi connectivity index (χ2n) is 5.56. The third kappa shape index (κ3) is 2.08. The molecule has 0 aliphatic heterocycles. The minimum atomic E-state index is 0.606. The molecule has 0 amide bonds. The average molecular weight is 236 g/mol. The number of fused-ring (bicyclic) bond motifs is 1. The van der Waals surface area contributed by atoms with E-state index in [1.54, 1.807) is 11.1 Å². The van der Waals surface area contributed by atoms with Crippen molar-refractivity contribution in [2.75, 3.05) is 0 Å². The number of hydrogen-bond acceptors (Lipinski definition) is 0. The molecule has 0 bridgehead atoms. The summed E-state index contributed by atoms with van der Waals surface area (Å²) in [6.45, 7) is 4.34. The molecule has 0 saturated heterocycles. The van der Waals surface area contributed by atoms with Gasteiger partial charge in [-0.1, -0.05) is 53.6 Å². The Hall–Kier alpha value is -1.56. The molecular formula is C18H20. The summed E-state index contributed by atoms with van der Waals surface area (Å²) in [4.78, 5) is 0. The molecule has 0 heterocycles. The van der Waals surface area contributed by atoms with E-state index in [-0.39, 0.29) is 0 Å². The standard InChI is InChI=1S/C18H20/c1-13-6-9-15(10-7-13)17-5-3-4-16-12-14(2)8-11-18(16)17/h6-12,17H,3-5H2,1-2H3. The molecule has 18 heavy (non-hydrogen) atoms. The van der Waals surface area contributed by atoms with Crippen molar-refractivity contribution < 1.29 is 0 Å². The van der Waals surface area contributed by atoms with E-state index in [1.165, 1.54) is 36.0 Å². The van der Waals surface area contributed by atoms with Crippen LogP contribution in [0.2, 0.25) is 0 Å². The van der Waals surface area contributed by atoms with Gasteiger partial charge in [0, 0.05) is 5.92 Å². The van der Waals surface area contributed by atoms with Crippen molar-refractivity contribution in [3.63, 3.8) is 0 Å². The maximum absolute atomic E-state index is 2.37. The van der Waals surface area contributed by atoms with E-state index >= 15 is 0 Å². The Morgan fingerprint density at radius 3 is 2.39 bits per heavy atom. The van der Waals surface area contributed by atoms with Crippen LogP contribution in [-0.4, -0.2) is 0 Å². The van der Waals surface area contributed by atoms with E-state index in [2.05, 4.69) is 56.3 Å². The normalized spacial score (nSPS) is 18.4. The van der Waals surface area contributed by atoms with E-state index in [0.717, 1.165) is 0 Å². The SMILES string of the molecule is Cc1ccc(C2CCCc3cc(C)ccc32)cc1. The second-order valence-corrected chi connectivity index (χ2v) is 5.56. The molecule has 2 aromatic rings. The van der Waals surface area contributed by atoms with E-state index < -0.39 is 0 Å². The fourth-order valence-corrected chi connectivity index (χ4v) is 3.09. The highest BCUT2D eigenvalue weighted by molar-refractivity contribution is 5.42. The molecule has 0 nitrogen and oxygen atoms in total. The van der Waals surface area contributed by atoms with E-state index in [9.17, 15) is 0 Å². The Kier molecular flexibility index (Phi) is 2.95. The first-order valence-corrected chi connectivity index (χ1v) is 6.90. The maximum atomic E-state index is 2.37. The van der Waals surface area contributed by atoms with Gasteiger partial charge in [-0.25, -0.2) is 0 Å². The van der Waals surface area contributed by atoms with Crippen LogP contribution in [0.1, 0.15) is 46.6 Å². The predicted molar refractivity (Wildman–Crippen MR) is 77.1 cm³/mol. The van der Waals surface area contributed by atoms with Gasteiger partial charge in [0.15, 0.2) is 0 Å². The highest BCUT2D eigenvalue weighted by Crippen LogP contribution is 2.36. The minimum Gasteiger partial charge on any atom is -0.0590 e. The molecule has 92 valence electrons. The van der Waals surface area contributed by atoms with Gasteiger partial charge in [-0.05, 0) is 49.8 Å². The minimum absolute atomic E-state index is 0.606. The number of rotatable bonds is 1. The number of benzene rings is 2. The third-order valence-electron chi connectivity index (χ3n) is 4.09. The first kappa shape index (κ1) is 11.5. The van der Waals surface area contributed by atoms with Gasteiger partial charge >= 0.3 is 0 Å². The van der Waals surface area contributed by atoms with E-state index in [0.29, 0.717) is 5.92 Å². The summed E-state index contributed by atoms with van der Waals surface area (Å²) in [7, 11) is 0. The zero-order valence-electron chi connectivity index (χ0n) is 11.2. The molecule has 0 heteroatoms. The van der Waals surface area contributed by atoms with Gasteiger partial charge in [0.2, 0.25) is 0 Å². The highest BCUT2D eigenvalue weighted by Gasteiger charge is 2.21. The van der Waals surface area contributed by atoms with Crippen LogP contribution in [0.25, 0.3) is 0 Å². The Labute approximate surface area is 110 Å². The van der Waals surface area contributed by atoms with Crippen LogP contribution in [0.15, 0.2) is 42.5 Å². The van der Waals surface area contributed by atoms with Crippen molar-refractivity contribution in [3.05, 3.63) is 70.3 Å². The van der Waals surface area contributed by atoms with Gasteiger partial charge < -0.3 is 0 Å². The summed E-state index contributed by atoms with van der Waals surface area (Å²) < 4.78 is 0. The summed E-state index contributed by atoms with van der Waals surface area (Å²) in [5.74, 6) is 0.606. The molecular weight excluding hydrogens is 216 g/mol. The van der Waals surface area contributed by atoms with E-state index in [1.807, 2.05) is 0 Å². The molecule has 1 aliphatic carbocycles. The molecule has 2 aromatic carbocycles. The molecule has 1 atom stereocenters. The van der Waals surface area contributed by atoms with Gasteiger partial charge in [-0.2, -0.15) is 0 Å². The molecule has 0 saturated carbocycles. The lowest BCUT2D eigenvalue weighted by Gasteiger charge is -2.26. The summed E-state index contributed by atoms with van der Waals surface area (Å²) in [6, 6.07) is 16.0. The maximum Gasteiger partial charge on any atom is 0.00921 e. The second kappa shape index (κ2) is 4.61. The monoisotopic (exact) mass is 236 g/mol. The molecule has 0 radical (unpaired) electrons. The number of hydrogen-bond donors (Lipinski definition) is 0. The predicted octanol–water partition coefficient (Wildman–Crippen LogP) is 4.77. The smallest absolute Gasteiger partial charge is 0.00921 e. The van der Waals surface area contributed by atoms with Crippen LogP contribution in [-0.2, 0) is 6.42 Å². The van der Waals surface area contributed by atoms with Crippen molar-refractivity contribution in [2.45, 2.75) is 39.0 Å². The lowest BCUT2D eigenvalue weighted by molar-refractivity contribution is 0.615. The van der Waals surface area contributed by atoms with Crippen molar-refractivity contribution in [1.29, 1.82) is 0 Å². The quantitative estimate of drug-likeness (QED) is 0.669. The molecule has 1 unspecified atom stereocenters. The van der Waals surface area contributed by atoms with Crippen molar-refractivity contribution >= 4 is 0 Å². The summed E-state index contributed by atoms with van der Waals surface area (Å²) in [6.07, 6.45) is 3.85. The molecule has 0 fully saturated rings. The first-order chi connectivity index (χ1) is 8.74. The lowest BCUT2D eigenvalue weighted by atomic mass is 9.78. The van der Waals surface area contributed by atoms with Gasteiger partial charge in [-0.15, -0.1) is 0 Å². The Balaban J connectivity index is 2.03. The van der Waals surface area contributed by atoms with Crippen LogP contribution in [0.4, 0.5) is 0 Å². The van der Waals surface area contributed by atoms with Crippen LogP contribution in [0.5, 0.6) is 0 Å². The lowest BCUT2D eigenvalue weighted by Crippen LogP contribution is -2.11. The Bertz CT molecular complexity index is 549. The first-order valence-electron chi connectivity index (χ1n) is 6.90. The largest absolute Gasteiger partial charge is 0.0590 e.